The summed E-state index contributed by atoms with van der Waals surface area (Å²) in [4.78, 5) is 9.94. The number of benzene rings is 1. The molecule has 0 fully saturated rings. The van der Waals surface area contributed by atoms with E-state index in [1.54, 1.807) is 12.1 Å². The van der Waals surface area contributed by atoms with Gasteiger partial charge < -0.3 is 0 Å². The summed E-state index contributed by atoms with van der Waals surface area (Å²) in [6.45, 7) is 4.69. The molecule has 0 aromatic heterocycles. The second kappa shape index (κ2) is 9.66. The molecule has 92 valence electrons. The Hall–Kier alpha value is -1.56. The molecule has 1 aromatic carbocycles. The molecule has 0 saturated heterocycles. The average Bonchev–Trinajstić information content (AvgIpc) is 2.38. The van der Waals surface area contributed by atoms with Crippen LogP contribution in [0.25, 0.3) is 0 Å². The second-order valence-corrected chi connectivity index (χ2v) is 3.04. The van der Waals surface area contributed by atoms with Crippen LogP contribution in [0.5, 0.6) is 0 Å². The summed E-state index contributed by atoms with van der Waals surface area (Å²) in [6, 6.07) is 6.41. The summed E-state index contributed by atoms with van der Waals surface area (Å²) in [6.07, 6.45) is 1.10. The molecule has 0 atom stereocenters. The van der Waals surface area contributed by atoms with Crippen molar-refractivity contribution < 1.29 is 9.63 Å². The molecule has 1 N–H and O–H groups in total. The molecule has 0 aliphatic carbocycles. The van der Waals surface area contributed by atoms with Crippen molar-refractivity contribution in [3.05, 3.63) is 39.9 Å². The van der Waals surface area contributed by atoms with Crippen molar-refractivity contribution >= 4 is 12.8 Å². The Balaban J connectivity index is 0.00000121. The van der Waals surface area contributed by atoms with Crippen LogP contribution < -0.4 is 5.32 Å². The number of hydrogen-bond acceptors (Lipinski definition) is 4. The Morgan fingerprint density at radius 2 is 1.88 bits per heavy atom. The molecule has 17 heavy (non-hydrogen) atoms. The predicted octanol–water partition coefficient (Wildman–Crippen LogP) is 1.76. The van der Waals surface area contributed by atoms with E-state index in [9.17, 15) is 14.8 Å². The van der Waals surface area contributed by atoms with Gasteiger partial charge in [0.15, 0.2) is 0 Å². The van der Waals surface area contributed by atoms with Crippen LogP contribution >= 0.6 is 0 Å². The number of nitrogens with zero attached hydrogens (tertiary/aromatic N) is 1. The van der Waals surface area contributed by atoms with Gasteiger partial charge in [-0.3, -0.25) is 0 Å². The first-order chi connectivity index (χ1) is 8.24. The first kappa shape index (κ1) is 15.4. The van der Waals surface area contributed by atoms with Crippen LogP contribution in [-0.4, -0.2) is 25.1 Å². The molecule has 1 rings (SSSR count). The van der Waals surface area contributed by atoms with E-state index in [1.807, 2.05) is 13.8 Å². The van der Waals surface area contributed by atoms with Crippen molar-refractivity contribution in [1.82, 2.24) is 5.32 Å². The molecule has 0 unspecified atom stereocenters. The number of non-ortho nitro benzene ring substituents is 1. The summed E-state index contributed by atoms with van der Waals surface area (Å²) in [5.41, 5.74) is 1.11. The van der Waals surface area contributed by atoms with E-state index in [1.165, 1.54) is 12.1 Å². The fraction of sp³-hybridized carbons (Fsp3) is 0.455. The van der Waals surface area contributed by atoms with Crippen molar-refractivity contribution in [2.24, 2.45) is 0 Å². The topological polar surface area (TPSA) is 72.2 Å². The van der Waals surface area contributed by atoms with Gasteiger partial charge in [-0.2, -0.15) is 0 Å². The van der Waals surface area contributed by atoms with Crippen LogP contribution in [-0.2, 0) is 11.1 Å². The molecular weight excluding hydrogens is 219 g/mol. The van der Waals surface area contributed by atoms with E-state index >= 15 is 0 Å². The Bertz CT molecular complexity index is 341. The van der Waals surface area contributed by atoms with Crippen LogP contribution in [0.15, 0.2) is 24.3 Å². The van der Waals surface area contributed by atoms with Crippen LogP contribution in [0.1, 0.15) is 19.4 Å². The number of rotatable bonds is 6. The zero-order valence-electron chi connectivity index (χ0n) is 10.2. The first-order valence-electron chi connectivity index (χ1n) is 5.61. The van der Waals surface area contributed by atoms with Crippen molar-refractivity contribution in [3.63, 3.8) is 0 Å². The van der Waals surface area contributed by atoms with E-state index < -0.39 is 4.92 Å². The van der Waals surface area contributed by atoms with E-state index in [0.717, 1.165) is 19.1 Å². The van der Waals surface area contributed by atoms with Gasteiger partial charge in [-0.15, -0.1) is 0 Å². The Morgan fingerprint density at radius 1 is 1.29 bits per heavy atom. The monoisotopic (exact) mass is 236 g/mol. The molecular formula is C11H17BN2O3. The van der Waals surface area contributed by atoms with Crippen molar-refractivity contribution in [1.29, 1.82) is 0 Å². The SMILES string of the molecule is CC.O=BCNCCc1ccc([N+](=O)[O-])cc1. The molecule has 0 bridgehead atoms. The Morgan fingerprint density at radius 3 is 2.35 bits per heavy atom. The predicted molar refractivity (Wildman–Crippen MR) is 67.5 cm³/mol. The van der Waals surface area contributed by atoms with Crippen LogP contribution in [0.3, 0.4) is 0 Å². The van der Waals surface area contributed by atoms with Crippen molar-refractivity contribution in [3.8, 4) is 0 Å². The van der Waals surface area contributed by atoms with Gasteiger partial charge in [-0.1, -0.05) is 13.8 Å². The fourth-order valence-electron chi connectivity index (χ4n) is 1.18. The van der Waals surface area contributed by atoms with Gasteiger partial charge in [0.2, 0.25) is 0 Å². The zero-order chi connectivity index (χ0) is 13.1. The molecule has 0 radical (unpaired) electrons. The first-order valence-corrected chi connectivity index (χ1v) is 5.61. The molecule has 6 heteroatoms. The minimum absolute atomic E-state index is 0.0969. The van der Waals surface area contributed by atoms with E-state index in [0.29, 0.717) is 13.0 Å². The maximum absolute atomic E-state index is 10.4. The molecule has 0 amide bonds. The van der Waals surface area contributed by atoms with Gasteiger partial charge in [0, 0.05) is 0 Å². The van der Waals surface area contributed by atoms with Gasteiger partial charge in [0.05, 0.1) is 0 Å². The summed E-state index contributed by atoms with van der Waals surface area (Å²) < 4.78 is 10.00. The van der Waals surface area contributed by atoms with Crippen LogP contribution in [0.2, 0.25) is 0 Å². The minimum atomic E-state index is -0.422. The number of nitrogens with one attached hydrogen (secondary N) is 1. The van der Waals surface area contributed by atoms with Crippen LogP contribution in [0.4, 0.5) is 5.69 Å². The van der Waals surface area contributed by atoms with Crippen LogP contribution in [0, 0.1) is 10.1 Å². The van der Waals surface area contributed by atoms with E-state index in [2.05, 4.69) is 5.32 Å². The third-order valence-electron chi connectivity index (χ3n) is 1.97. The van der Waals surface area contributed by atoms with Crippen molar-refractivity contribution in [2.45, 2.75) is 20.3 Å². The number of nitro groups is 1. The second-order valence-electron chi connectivity index (χ2n) is 3.04. The van der Waals surface area contributed by atoms with Crippen molar-refractivity contribution in [2.75, 3.05) is 13.0 Å². The quantitative estimate of drug-likeness (QED) is 0.353. The van der Waals surface area contributed by atoms with Gasteiger partial charge in [0.25, 0.3) is 0 Å². The molecule has 0 spiro atoms. The van der Waals surface area contributed by atoms with Gasteiger partial charge in [-0.25, -0.2) is 0 Å². The number of nitro benzene ring substituents is 1. The fourth-order valence-corrected chi connectivity index (χ4v) is 1.18. The normalized spacial score (nSPS) is 8.82. The molecule has 0 aliphatic rings. The average molecular weight is 236 g/mol. The summed E-state index contributed by atoms with van der Waals surface area (Å²) in [7, 11) is 0.801. The third-order valence-corrected chi connectivity index (χ3v) is 1.97. The summed E-state index contributed by atoms with van der Waals surface area (Å²) >= 11 is 0. The Kier molecular flexibility index (Phi) is 8.77. The van der Waals surface area contributed by atoms with Gasteiger partial charge in [0.1, 0.15) is 0 Å². The molecule has 1 aromatic rings. The molecule has 0 heterocycles. The van der Waals surface area contributed by atoms with E-state index in [-0.39, 0.29) is 5.69 Å². The third kappa shape index (κ3) is 6.58. The Labute approximate surface area is 102 Å². The molecule has 0 saturated carbocycles. The van der Waals surface area contributed by atoms with Gasteiger partial charge >= 0.3 is 87.1 Å². The molecule has 5 nitrogen and oxygen atoms in total. The maximum atomic E-state index is 10.4. The van der Waals surface area contributed by atoms with E-state index in [4.69, 9.17) is 0 Å². The van der Waals surface area contributed by atoms with Gasteiger partial charge in [-0.05, 0) is 0 Å². The summed E-state index contributed by atoms with van der Waals surface area (Å²) in [5.74, 6) is 0. The molecule has 0 aliphatic heterocycles. The number of hydrogen-bond donors (Lipinski definition) is 1. The standard InChI is InChI=1S/C9H11BN2O3.C2H6/c13-10-7-11-6-5-8-1-3-9(4-2-8)12(14)15;1-2/h1-4,11H,5-7H2;1-2H3. The summed E-state index contributed by atoms with van der Waals surface area (Å²) in [5, 5.41) is 13.3. The zero-order valence-corrected chi connectivity index (χ0v) is 10.2.